The van der Waals surface area contributed by atoms with Crippen LogP contribution in [0.3, 0.4) is 0 Å². The van der Waals surface area contributed by atoms with Crippen LogP contribution in [-0.2, 0) is 13.5 Å². The van der Waals surface area contributed by atoms with E-state index in [-0.39, 0.29) is 0 Å². The van der Waals surface area contributed by atoms with Gasteiger partial charge in [0.05, 0.1) is 16.8 Å². The number of fused-ring (bicyclic) bond motifs is 1. The molecule has 4 rings (SSSR count). The number of aromatic nitrogens is 5. The van der Waals surface area contributed by atoms with E-state index < -0.39 is 0 Å². The second-order valence-corrected chi connectivity index (χ2v) is 6.51. The van der Waals surface area contributed by atoms with Gasteiger partial charge in [0.2, 0.25) is 0 Å². The van der Waals surface area contributed by atoms with Gasteiger partial charge in [-0.3, -0.25) is 4.68 Å². The number of hydrogen-bond acceptors (Lipinski definition) is 6. The SMILES string of the molecule is CCc1c[nH]c2ncnc(N3CCN(c4c(N)c(C)nn4C)CC3)c12. The fourth-order valence-corrected chi connectivity index (χ4v) is 3.70. The Morgan fingerprint density at radius 2 is 1.88 bits per heavy atom. The summed E-state index contributed by atoms with van der Waals surface area (Å²) in [4.78, 5) is 16.8. The van der Waals surface area contributed by atoms with Crippen molar-refractivity contribution in [1.29, 1.82) is 0 Å². The molecule has 0 saturated carbocycles. The molecule has 3 aromatic rings. The van der Waals surface area contributed by atoms with Crippen molar-refractivity contribution in [3.05, 3.63) is 23.8 Å². The summed E-state index contributed by atoms with van der Waals surface area (Å²) in [7, 11) is 1.95. The van der Waals surface area contributed by atoms with E-state index in [4.69, 9.17) is 5.73 Å². The summed E-state index contributed by atoms with van der Waals surface area (Å²) in [5, 5.41) is 5.58. The first-order valence-corrected chi connectivity index (χ1v) is 8.70. The molecule has 1 fully saturated rings. The number of hydrogen-bond donors (Lipinski definition) is 2. The maximum atomic E-state index is 6.22. The van der Waals surface area contributed by atoms with Crippen LogP contribution in [0.25, 0.3) is 11.0 Å². The van der Waals surface area contributed by atoms with Gasteiger partial charge in [-0.15, -0.1) is 0 Å². The zero-order valence-electron chi connectivity index (χ0n) is 15.0. The highest BCUT2D eigenvalue weighted by Gasteiger charge is 2.25. The first-order valence-electron chi connectivity index (χ1n) is 8.70. The van der Waals surface area contributed by atoms with Gasteiger partial charge in [-0.05, 0) is 18.9 Å². The largest absolute Gasteiger partial charge is 0.394 e. The van der Waals surface area contributed by atoms with Crippen LogP contribution >= 0.6 is 0 Å². The van der Waals surface area contributed by atoms with Crippen molar-refractivity contribution in [1.82, 2.24) is 24.7 Å². The van der Waals surface area contributed by atoms with Crippen LogP contribution in [0.2, 0.25) is 0 Å². The van der Waals surface area contributed by atoms with Gasteiger partial charge in [-0.25, -0.2) is 9.97 Å². The number of anilines is 3. The van der Waals surface area contributed by atoms with Crippen LogP contribution in [-0.4, -0.2) is 50.9 Å². The molecule has 0 atom stereocenters. The number of nitrogens with zero attached hydrogens (tertiary/aromatic N) is 6. The number of nitrogens with one attached hydrogen (secondary N) is 1. The van der Waals surface area contributed by atoms with Gasteiger partial charge >= 0.3 is 0 Å². The highest BCUT2D eigenvalue weighted by Crippen LogP contribution is 2.30. The second-order valence-electron chi connectivity index (χ2n) is 6.51. The van der Waals surface area contributed by atoms with Crippen molar-refractivity contribution in [2.24, 2.45) is 7.05 Å². The third kappa shape index (κ3) is 2.48. The van der Waals surface area contributed by atoms with Crippen molar-refractivity contribution in [3.8, 4) is 0 Å². The third-order valence-electron chi connectivity index (χ3n) is 5.03. The smallest absolute Gasteiger partial charge is 0.150 e. The molecule has 1 aliphatic heterocycles. The van der Waals surface area contributed by atoms with Crippen molar-refractivity contribution < 1.29 is 0 Å². The lowest BCUT2D eigenvalue weighted by atomic mass is 10.1. The molecule has 0 unspecified atom stereocenters. The third-order valence-corrected chi connectivity index (χ3v) is 5.03. The molecule has 1 saturated heterocycles. The molecular formula is C17H24N8. The molecule has 4 heterocycles. The summed E-state index contributed by atoms with van der Waals surface area (Å²) in [6.07, 6.45) is 4.64. The molecule has 3 aromatic heterocycles. The highest BCUT2D eigenvalue weighted by molar-refractivity contribution is 5.91. The molecule has 8 nitrogen and oxygen atoms in total. The maximum Gasteiger partial charge on any atom is 0.150 e. The number of aromatic amines is 1. The summed E-state index contributed by atoms with van der Waals surface area (Å²) < 4.78 is 1.88. The molecule has 132 valence electrons. The van der Waals surface area contributed by atoms with Crippen LogP contribution in [0.15, 0.2) is 12.5 Å². The van der Waals surface area contributed by atoms with Crippen LogP contribution in [0.1, 0.15) is 18.2 Å². The summed E-state index contributed by atoms with van der Waals surface area (Å²) in [5.74, 6) is 2.04. The number of H-pyrrole nitrogens is 1. The van der Waals surface area contributed by atoms with E-state index in [0.717, 1.165) is 66.7 Å². The van der Waals surface area contributed by atoms with Crippen LogP contribution in [0.5, 0.6) is 0 Å². The quantitative estimate of drug-likeness (QED) is 0.750. The molecule has 1 aliphatic rings. The monoisotopic (exact) mass is 340 g/mol. The summed E-state index contributed by atoms with van der Waals surface area (Å²) >= 11 is 0. The Morgan fingerprint density at radius 1 is 1.16 bits per heavy atom. The maximum absolute atomic E-state index is 6.22. The Balaban J connectivity index is 1.59. The molecule has 3 N–H and O–H groups in total. The van der Waals surface area contributed by atoms with E-state index in [1.807, 2.05) is 24.9 Å². The second kappa shape index (κ2) is 5.94. The lowest BCUT2D eigenvalue weighted by Gasteiger charge is -2.36. The molecule has 0 amide bonds. The van der Waals surface area contributed by atoms with Gasteiger partial charge < -0.3 is 20.5 Å². The minimum absolute atomic E-state index is 0.777. The first kappa shape index (κ1) is 15.7. The van der Waals surface area contributed by atoms with Gasteiger partial charge in [-0.1, -0.05) is 6.92 Å². The van der Waals surface area contributed by atoms with Gasteiger partial charge in [0.25, 0.3) is 0 Å². The van der Waals surface area contributed by atoms with E-state index in [2.05, 4.69) is 36.8 Å². The summed E-state index contributed by atoms with van der Waals surface area (Å²) in [6, 6.07) is 0. The standard InChI is InChI=1S/C17H24N8/c1-4-12-9-19-15-13(12)16(21-10-20-15)24-5-7-25(8-6-24)17-14(18)11(2)22-23(17)3/h9-10H,4-8,18H2,1-3H3,(H,19,20,21). The molecular weight excluding hydrogens is 316 g/mol. The van der Waals surface area contributed by atoms with E-state index in [9.17, 15) is 0 Å². The van der Waals surface area contributed by atoms with Crippen molar-refractivity contribution in [2.75, 3.05) is 41.7 Å². The Hall–Kier alpha value is -2.77. The zero-order chi connectivity index (χ0) is 17.6. The average molecular weight is 340 g/mol. The van der Waals surface area contributed by atoms with E-state index in [1.54, 1.807) is 6.33 Å². The minimum atomic E-state index is 0.777. The number of aryl methyl sites for hydroxylation is 3. The van der Waals surface area contributed by atoms with Crippen molar-refractivity contribution in [2.45, 2.75) is 20.3 Å². The molecule has 0 aliphatic carbocycles. The van der Waals surface area contributed by atoms with Crippen LogP contribution in [0.4, 0.5) is 17.3 Å². The topological polar surface area (TPSA) is 91.9 Å². The van der Waals surface area contributed by atoms with Crippen molar-refractivity contribution in [3.63, 3.8) is 0 Å². The number of nitrogen functional groups attached to an aromatic ring is 1. The fraction of sp³-hybridized carbons (Fsp3) is 0.471. The van der Waals surface area contributed by atoms with Crippen LogP contribution in [0, 0.1) is 6.92 Å². The van der Waals surface area contributed by atoms with E-state index in [1.165, 1.54) is 5.56 Å². The van der Waals surface area contributed by atoms with E-state index >= 15 is 0 Å². The first-order chi connectivity index (χ1) is 12.1. The van der Waals surface area contributed by atoms with Crippen LogP contribution < -0.4 is 15.5 Å². The Bertz CT molecular complexity index is 901. The number of nitrogens with two attached hydrogens (primary N) is 1. The summed E-state index contributed by atoms with van der Waals surface area (Å²) in [5.41, 5.74) is 10.1. The Labute approximate surface area is 146 Å². The lowest BCUT2D eigenvalue weighted by molar-refractivity contribution is 0.621. The molecule has 0 radical (unpaired) electrons. The average Bonchev–Trinajstić information content (AvgIpc) is 3.15. The molecule has 25 heavy (non-hydrogen) atoms. The normalized spacial score (nSPS) is 15.3. The van der Waals surface area contributed by atoms with Gasteiger partial charge in [0.15, 0.2) is 5.82 Å². The molecule has 8 heteroatoms. The van der Waals surface area contributed by atoms with Gasteiger partial charge in [0, 0.05) is 39.4 Å². The summed E-state index contributed by atoms with van der Waals surface area (Å²) in [6.45, 7) is 7.67. The number of rotatable bonds is 3. The van der Waals surface area contributed by atoms with E-state index in [0.29, 0.717) is 0 Å². The predicted molar refractivity (Wildman–Crippen MR) is 100 cm³/mol. The molecule has 0 aromatic carbocycles. The predicted octanol–water partition coefficient (Wildman–Crippen LogP) is 1.47. The van der Waals surface area contributed by atoms with Crippen molar-refractivity contribution >= 4 is 28.4 Å². The zero-order valence-corrected chi connectivity index (χ0v) is 15.0. The molecule has 0 spiro atoms. The highest BCUT2D eigenvalue weighted by atomic mass is 15.4. The fourth-order valence-electron chi connectivity index (χ4n) is 3.70. The Morgan fingerprint density at radius 3 is 2.52 bits per heavy atom. The Kier molecular flexibility index (Phi) is 3.74. The lowest BCUT2D eigenvalue weighted by Crippen LogP contribution is -2.47. The molecule has 0 bridgehead atoms. The van der Waals surface area contributed by atoms with Gasteiger partial charge in [-0.2, -0.15) is 5.10 Å². The minimum Gasteiger partial charge on any atom is -0.394 e. The number of piperazine rings is 1. The van der Waals surface area contributed by atoms with Gasteiger partial charge in [0.1, 0.15) is 17.8 Å².